The standard InChI is InChI=1S/C25H28N2O4S/c1-4-16(2)17-7-9-18(10-8-17)24(22-6-5-13-32-22)27-25(29)19-11-12-20(21(14-19)30-3)31-15-23(26)28/h5-14,16,24H,4,15H2,1-3H3,(H2,26,28)(H,27,29). The molecule has 1 heterocycles. The molecule has 0 spiro atoms. The molecule has 0 aliphatic rings. The van der Waals surface area contributed by atoms with E-state index < -0.39 is 5.91 Å². The molecule has 0 aliphatic carbocycles. The quantitative estimate of drug-likeness (QED) is 0.468. The summed E-state index contributed by atoms with van der Waals surface area (Å²) in [5, 5.41) is 5.13. The molecule has 2 atom stereocenters. The van der Waals surface area contributed by atoms with E-state index in [0.29, 0.717) is 23.0 Å². The number of nitrogens with two attached hydrogens (primary N) is 1. The van der Waals surface area contributed by atoms with Crippen LogP contribution in [0.3, 0.4) is 0 Å². The lowest BCUT2D eigenvalue weighted by atomic mass is 9.95. The van der Waals surface area contributed by atoms with Crippen molar-refractivity contribution in [2.24, 2.45) is 5.73 Å². The lowest BCUT2D eigenvalue weighted by Gasteiger charge is -2.20. The van der Waals surface area contributed by atoms with Crippen molar-refractivity contribution in [1.29, 1.82) is 0 Å². The Bertz CT molecular complexity index is 1050. The Morgan fingerprint density at radius 2 is 1.78 bits per heavy atom. The average molecular weight is 453 g/mol. The Balaban J connectivity index is 1.84. The van der Waals surface area contributed by atoms with Gasteiger partial charge in [-0.2, -0.15) is 0 Å². The molecule has 3 N–H and O–H groups in total. The van der Waals surface area contributed by atoms with Crippen LogP contribution in [0.25, 0.3) is 0 Å². The summed E-state index contributed by atoms with van der Waals surface area (Å²) in [6, 6.07) is 16.9. The van der Waals surface area contributed by atoms with E-state index in [-0.39, 0.29) is 18.6 Å². The molecule has 2 unspecified atom stereocenters. The molecule has 0 radical (unpaired) electrons. The molecule has 3 aromatic rings. The number of primary amides is 1. The van der Waals surface area contributed by atoms with E-state index >= 15 is 0 Å². The molecule has 2 aromatic carbocycles. The highest BCUT2D eigenvalue weighted by Crippen LogP contribution is 2.31. The maximum atomic E-state index is 13.1. The molecule has 0 aliphatic heterocycles. The van der Waals surface area contributed by atoms with E-state index in [0.717, 1.165) is 16.9 Å². The zero-order valence-corrected chi connectivity index (χ0v) is 19.3. The van der Waals surface area contributed by atoms with E-state index in [2.05, 4.69) is 43.4 Å². The van der Waals surface area contributed by atoms with Gasteiger partial charge in [0.2, 0.25) is 0 Å². The van der Waals surface area contributed by atoms with Crippen LogP contribution in [-0.2, 0) is 4.79 Å². The molecule has 32 heavy (non-hydrogen) atoms. The van der Waals surface area contributed by atoms with Gasteiger partial charge in [-0.05, 0) is 53.1 Å². The Morgan fingerprint density at radius 1 is 1.06 bits per heavy atom. The first-order valence-electron chi connectivity index (χ1n) is 10.5. The van der Waals surface area contributed by atoms with E-state index in [9.17, 15) is 9.59 Å². The van der Waals surface area contributed by atoms with Crippen LogP contribution in [0.15, 0.2) is 60.0 Å². The van der Waals surface area contributed by atoms with Crippen molar-refractivity contribution in [1.82, 2.24) is 5.32 Å². The lowest BCUT2D eigenvalue weighted by molar-refractivity contribution is -0.119. The van der Waals surface area contributed by atoms with Crippen molar-refractivity contribution >= 4 is 23.2 Å². The van der Waals surface area contributed by atoms with Gasteiger partial charge in [0.1, 0.15) is 0 Å². The monoisotopic (exact) mass is 452 g/mol. The highest BCUT2D eigenvalue weighted by atomic mass is 32.1. The van der Waals surface area contributed by atoms with Gasteiger partial charge in [0.15, 0.2) is 18.1 Å². The third kappa shape index (κ3) is 5.68. The molecule has 1 aromatic heterocycles. The highest BCUT2D eigenvalue weighted by molar-refractivity contribution is 7.10. The van der Waals surface area contributed by atoms with Gasteiger partial charge in [0, 0.05) is 10.4 Å². The molecule has 0 saturated carbocycles. The van der Waals surface area contributed by atoms with Crippen LogP contribution >= 0.6 is 11.3 Å². The van der Waals surface area contributed by atoms with Crippen LogP contribution < -0.4 is 20.5 Å². The number of methoxy groups -OCH3 is 1. The number of thiophene rings is 1. The first kappa shape index (κ1) is 23.3. The smallest absolute Gasteiger partial charge is 0.255 e. The third-order valence-electron chi connectivity index (χ3n) is 5.35. The SMILES string of the molecule is CCC(C)c1ccc(C(NC(=O)c2ccc(OCC(N)=O)c(OC)c2)c2cccs2)cc1. The number of hydrogen-bond donors (Lipinski definition) is 2. The number of rotatable bonds is 10. The van der Waals surface area contributed by atoms with Crippen LogP contribution in [0.4, 0.5) is 0 Å². The minimum Gasteiger partial charge on any atom is -0.493 e. The largest absolute Gasteiger partial charge is 0.493 e. The zero-order chi connectivity index (χ0) is 23.1. The van der Waals surface area contributed by atoms with Crippen LogP contribution in [-0.4, -0.2) is 25.5 Å². The summed E-state index contributed by atoms with van der Waals surface area (Å²) in [4.78, 5) is 25.1. The molecular weight excluding hydrogens is 424 g/mol. The fourth-order valence-electron chi connectivity index (χ4n) is 3.32. The average Bonchev–Trinajstić information content (AvgIpc) is 3.35. The molecule has 3 rings (SSSR count). The van der Waals surface area contributed by atoms with E-state index in [4.69, 9.17) is 15.2 Å². The molecule has 7 heteroatoms. The molecule has 0 fully saturated rings. The number of hydrogen-bond acceptors (Lipinski definition) is 5. The van der Waals surface area contributed by atoms with Gasteiger partial charge in [0.25, 0.3) is 11.8 Å². The van der Waals surface area contributed by atoms with Gasteiger partial charge >= 0.3 is 0 Å². The topological polar surface area (TPSA) is 90.6 Å². The number of ether oxygens (including phenoxy) is 2. The van der Waals surface area contributed by atoms with Gasteiger partial charge in [0.05, 0.1) is 13.2 Å². The summed E-state index contributed by atoms with van der Waals surface area (Å²) in [6.45, 7) is 4.11. The van der Waals surface area contributed by atoms with Crippen molar-refractivity contribution in [2.45, 2.75) is 32.2 Å². The third-order valence-corrected chi connectivity index (χ3v) is 6.29. The van der Waals surface area contributed by atoms with Gasteiger partial charge in [-0.15, -0.1) is 11.3 Å². The van der Waals surface area contributed by atoms with Gasteiger partial charge in [-0.3, -0.25) is 9.59 Å². The maximum Gasteiger partial charge on any atom is 0.255 e. The van der Waals surface area contributed by atoms with Crippen molar-refractivity contribution in [3.05, 3.63) is 81.5 Å². The highest BCUT2D eigenvalue weighted by Gasteiger charge is 2.20. The van der Waals surface area contributed by atoms with Gasteiger partial charge in [-0.1, -0.05) is 44.2 Å². The first-order valence-corrected chi connectivity index (χ1v) is 11.3. The molecular formula is C25H28N2O4S. The minimum absolute atomic E-state index is 0.242. The first-order chi connectivity index (χ1) is 15.4. The van der Waals surface area contributed by atoms with Crippen LogP contribution in [0.1, 0.15) is 58.6 Å². The molecule has 168 valence electrons. The predicted octanol–water partition coefficient (Wildman–Crippen LogP) is 4.65. The van der Waals surface area contributed by atoms with Crippen LogP contribution in [0, 0.1) is 0 Å². The van der Waals surface area contributed by atoms with Crippen molar-refractivity contribution in [2.75, 3.05) is 13.7 Å². The van der Waals surface area contributed by atoms with Crippen molar-refractivity contribution in [3.63, 3.8) is 0 Å². The molecule has 6 nitrogen and oxygen atoms in total. The summed E-state index contributed by atoms with van der Waals surface area (Å²) in [5.41, 5.74) is 7.85. The number of carbonyl (C=O) groups is 2. The van der Waals surface area contributed by atoms with Crippen LogP contribution in [0.5, 0.6) is 11.5 Å². The van der Waals surface area contributed by atoms with Gasteiger partial charge < -0.3 is 20.5 Å². The number of benzene rings is 2. The Hall–Kier alpha value is -3.32. The minimum atomic E-state index is -0.591. The fraction of sp³-hybridized carbons (Fsp3) is 0.280. The predicted molar refractivity (Wildman–Crippen MR) is 126 cm³/mol. The summed E-state index contributed by atoms with van der Waals surface area (Å²) in [7, 11) is 1.47. The lowest BCUT2D eigenvalue weighted by Crippen LogP contribution is -2.29. The van der Waals surface area contributed by atoms with Crippen molar-refractivity contribution < 1.29 is 19.1 Å². The summed E-state index contributed by atoms with van der Waals surface area (Å²) < 4.78 is 10.7. The van der Waals surface area contributed by atoms with E-state index in [1.807, 2.05) is 17.5 Å². The van der Waals surface area contributed by atoms with E-state index in [1.165, 1.54) is 12.7 Å². The second-order valence-corrected chi connectivity index (χ2v) is 8.50. The summed E-state index contributed by atoms with van der Waals surface area (Å²) in [6.07, 6.45) is 1.07. The second kappa shape index (κ2) is 10.8. The van der Waals surface area contributed by atoms with Crippen molar-refractivity contribution in [3.8, 4) is 11.5 Å². The Kier molecular flexibility index (Phi) is 7.89. The number of nitrogens with one attached hydrogen (secondary N) is 1. The Labute approximate surface area is 192 Å². The fourth-order valence-corrected chi connectivity index (χ4v) is 4.12. The molecule has 0 saturated heterocycles. The summed E-state index contributed by atoms with van der Waals surface area (Å²) >= 11 is 1.59. The normalized spacial score (nSPS) is 12.6. The van der Waals surface area contributed by atoms with Gasteiger partial charge in [-0.25, -0.2) is 0 Å². The zero-order valence-electron chi connectivity index (χ0n) is 18.5. The van der Waals surface area contributed by atoms with E-state index in [1.54, 1.807) is 29.5 Å². The Morgan fingerprint density at radius 3 is 2.38 bits per heavy atom. The van der Waals surface area contributed by atoms with Crippen LogP contribution in [0.2, 0.25) is 0 Å². The summed E-state index contributed by atoms with van der Waals surface area (Å²) in [5.74, 6) is 0.352. The molecule has 2 amide bonds. The maximum absolute atomic E-state index is 13.1. The number of carbonyl (C=O) groups excluding carboxylic acids is 2. The second-order valence-electron chi connectivity index (χ2n) is 7.52. The number of amides is 2. The molecule has 0 bridgehead atoms.